The maximum atomic E-state index is 14.8. The third kappa shape index (κ3) is 5.34. The molecule has 1 aliphatic rings. The van der Waals surface area contributed by atoms with E-state index in [0.717, 1.165) is 17.2 Å². The van der Waals surface area contributed by atoms with Crippen LogP contribution in [0.2, 0.25) is 0 Å². The number of nitrogens with one attached hydrogen (secondary N) is 1. The molecule has 11 heteroatoms. The number of aliphatic hydroxyl groups is 1. The minimum Gasteiger partial charge on any atom is -0.389 e. The average molecular weight is 564 g/mol. The predicted octanol–water partition coefficient (Wildman–Crippen LogP) is 5.49. The van der Waals surface area contributed by atoms with Gasteiger partial charge in [0.25, 0.3) is 0 Å². The van der Waals surface area contributed by atoms with Crippen LogP contribution in [0.4, 0.5) is 14.5 Å². The summed E-state index contributed by atoms with van der Waals surface area (Å²) in [6.07, 6.45) is 8.28. The Labute approximate surface area is 230 Å². The fourth-order valence-corrected chi connectivity index (χ4v) is 6.08. The summed E-state index contributed by atoms with van der Waals surface area (Å²) < 4.78 is 60.0. The van der Waals surface area contributed by atoms with Gasteiger partial charge < -0.3 is 5.11 Å². The van der Waals surface area contributed by atoms with Crippen molar-refractivity contribution in [2.75, 3.05) is 4.72 Å². The Morgan fingerprint density at radius 3 is 2.50 bits per heavy atom. The van der Waals surface area contributed by atoms with Crippen LogP contribution in [-0.4, -0.2) is 43.5 Å². The minimum absolute atomic E-state index is 0.147. The van der Waals surface area contributed by atoms with Crippen molar-refractivity contribution in [1.29, 1.82) is 0 Å². The van der Waals surface area contributed by atoms with E-state index in [-0.39, 0.29) is 11.3 Å². The van der Waals surface area contributed by atoms with Gasteiger partial charge in [0.05, 0.1) is 35.5 Å². The summed E-state index contributed by atoms with van der Waals surface area (Å²) in [7, 11) is -3.58. The number of halogens is 2. The van der Waals surface area contributed by atoms with Crippen LogP contribution in [0.1, 0.15) is 26.7 Å². The highest BCUT2D eigenvalue weighted by Crippen LogP contribution is 2.35. The van der Waals surface area contributed by atoms with Crippen molar-refractivity contribution in [3.8, 4) is 33.5 Å². The Morgan fingerprint density at radius 1 is 1.00 bits per heavy atom. The van der Waals surface area contributed by atoms with E-state index in [1.165, 1.54) is 12.1 Å². The van der Waals surface area contributed by atoms with Gasteiger partial charge in [0.1, 0.15) is 17.3 Å². The molecule has 0 aliphatic heterocycles. The van der Waals surface area contributed by atoms with Crippen molar-refractivity contribution in [3.05, 3.63) is 85.0 Å². The van der Waals surface area contributed by atoms with E-state index in [2.05, 4.69) is 14.8 Å². The Bertz CT molecular complexity index is 1850. The third-order valence-corrected chi connectivity index (χ3v) is 8.59. The predicted molar refractivity (Wildman–Crippen MR) is 149 cm³/mol. The average Bonchev–Trinajstić information content (AvgIpc) is 3.51. The molecule has 40 heavy (non-hydrogen) atoms. The Hall–Kier alpha value is -4.09. The molecule has 6 rings (SSSR count). The van der Waals surface area contributed by atoms with Crippen LogP contribution >= 0.6 is 0 Å². The second kappa shape index (κ2) is 9.53. The molecule has 3 heterocycles. The number of fused-ring (bicyclic) bond motifs is 1. The lowest BCUT2D eigenvalue weighted by atomic mass is 10.00. The second-order valence-corrected chi connectivity index (χ2v) is 12.8. The number of imidazole rings is 1. The molecule has 0 spiro atoms. The molecule has 0 bridgehead atoms. The molecule has 0 atom stereocenters. The van der Waals surface area contributed by atoms with Gasteiger partial charge in [-0.15, -0.1) is 0 Å². The van der Waals surface area contributed by atoms with Crippen LogP contribution in [-0.2, 0) is 16.6 Å². The molecule has 3 aromatic heterocycles. The molecule has 0 unspecified atom stereocenters. The first-order valence-electron chi connectivity index (χ1n) is 12.8. The van der Waals surface area contributed by atoms with Crippen LogP contribution in [0.3, 0.4) is 0 Å². The first-order chi connectivity index (χ1) is 18.9. The molecule has 5 aromatic rings. The van der Waals surface area contributed by atoms with Gasteiger partial charge in [0.2, 0.25) is 10.0 Å². The van der Waals surface area contributed by atoms with Crippen LogP contribution in [0.15, 0.2) is 73.3 Å². The van der Waals surface area contributed by atoms with Crippen molar-refractivity contribution in [2.45, 2.75) is 44.1 Å². The van der Waals surface area contributed by atoms with Crippen molar-refractivity contribution >= 4 is 21.4 Å². The summed E-state index contributed by atoms with van der Waals surface area (Å²) >= 11 is 0. The summed E-state index contributed by atoms with van der Waals surface area (Å²) in [6, 6.07) is 12.1. The zero-order valence-corrected chi connectivity index (χ0v) is 22.7. The van der Waals surface area contributed by atoms with Gasteiger partial charge in [0.15, 0.2) is 0 Å². The molecule has 1 saturated carbocycles. The molecule has 1 fully saturated rings. The van der Waals surface area contributed by atoms with E-state index in [1.54, 1.807) is 49.1 Å². The Balaban J connectivity index is 1.41. The van der Waals surface area contributed by atoms with Crippen LogP contribution in [0, 0.1) is 11.6 Å². The molecule has 0 amide bonds. The van der Waals surface area contributed by atoms with Gasteiger partial charge >= 0.3 is 0 Å². The third-order valence-electron chi connectivity index (χ3n) is 6.72. The first-order valence-corrected chi connectivity index (χ1v) is 14.3. The molecular formula is C29H27F2N5O3S. The maximum Gasteiger partial charge on any atom is 0.235 e. The lowest BCUT2D eigenvalue weighted by Gasteiger charge is -2.16. The first kappa shape index (κ1) is 26.1. The van der Waals surface area contributed by atoms with E-state index in [1.807, 2.05) is 28.9 Å². The molecule has 0 saturated heterocycles. The summed E-state index contributed by atoms with van der Waals surface area (Å²) in [5.74, 6) is -1.45. The largest absolute Gasteiger partial charge is 0.389 e. The number of hydrogen-bond donors (Lipinski definition) is 2. The molecule has 1 aliphatic carbocycles. The summed E-state index contributed by atoms with van der Waals surface area (Å²) in [6.45, 7) is 3.78. The monoisotopic (exact) mass is 563 g/mol. The van der Waals surface area contributed by atoms with Gasteiger partial charge in [-0.2, -0.15) is 5.10 Å². The number of hydrogen-bond acceptors (Lipinski definition) is 5. The highest BCUT2D eigenvalue weighted by molar-refractivity contribution is 7.93. The van der Waals surface area contributed by atoms with Gasteiger partial charge in [-0.25, -0.2) is 22.2 Å². The normalized spacial score (nSPS) is 14.1. The number of pyridine rings is 1. The molecule has 8 nitrogen and oxygen atoms in total. The van der Waals surface area contributed by atoms with Crippen LogP contribution < -0.4 is 4.72 Å². The Kier molecular flexibility index (Phi) is 6.23. The SMILES string of the molecule is CC(C)(O)Cn1cc(-c2ccn3c(-c4cc(NS(=O)(=O)C5CC5)cc(-c5ccc(F)cc5F)c4)cnc3c2)cn1. The zero-order valence-electron chi connectivity index (χ0n) is 21.8. The molecule has 0 radical (unpaired) electrons. The highest BCUT2D eigenvalue weighted by atomic mass is 32.2. The molecule has 206 valence electrons. The van der Waals surface area contributed by atoms with E-state index in [0.29, 0.717) is 41.9 Å². The molecule has 2 aromatic carbocycles. The van der Waals surface area contributed by atoms with Gasteiger partial charge in [-0.1, -0.05) is 0 Å². The maximum absolute atomic E-state index is 14.8. The number of aromatic nitrogens is 4. The van der Waals surface area contributed by atoms with Gasteiger partial charge in [0, 0.05) is 40.8 Å². The van der Waals surface area contributed by atoms with E-state index in [9.17, 15) is 22.3 Å². The van der Waals surface area contributed by atoms with Crippen molar-refractivity contribution in [2.24, 2.45) is 0 Å². The van der Waals surface area contributed by atoms with Crippen LogP contribution in [0.25, 0.3) is 39.2 Å². The lowest BCUT2D eigenvalue weighted by molar-refractivity contribution is 0.0577. The fourth-order valence-electron chi connectivity index (χ4n) is 4.71. The summed E-state index contributed by atoms with van der Waals surface area (Å²) in [5.41, 5.74) is 3.58. The quantitative estimate of drug-likeness (QED) is 0.260. The number of sulfonamides is 1. The number of anilines is 1. The Morgan fingerprint density at radius 2 is 1.77 bits per heavy atom. The minimum atomic E-state index is -3.58. The van der Waals surface area contributed by atoms with Crippen molar-refractivity contribution < 1.29 is 22.3 Å². The van der Waals surface area contributed by atoms with Gasteiger partial charge in [-0.05, 0) is 80.3 Å². The second-order valence-electron chi connectivity index (χ2n) is 10.8. The standard InChI is InChI=1S/C29H27F2N5O3S/c1-29(2,37)17-35-16-21(14-33-35)18-7-8-36-27(15-32-28(36)12-18)20-9-19(25-6-3-22(30)13-26(25)31)10-23(11-20)34-40(38,39)24-4-5-24/h3,6-16,24,34,37H,4-5,17H2,1-2H3. The summed E-state index contributed by atoms with van der Waals surface area (Å²) in [5, 5.41) is 14.0. The summed E-state index contributed by atoms with van der Waals surface area (Å²) in [4.78, 5) is 4.55. The van der Waals surface area contributed by atoms with Crippen molar-refractivity contribution in [1.82, 2.24) is 19.2 Å². The van der Waals surface area contributed by atoms with E-state index >= 15 is 0 Å². The highest BCUT2D eigenvalue weighted by Gasteiger charge is 2.35. The lowest BCUT2D eigenvalue weighted by Crippen LogP contribution is -2.26. The zero-order chi connectivity index (χ0) is 28.2. The smallest absolute Gasteiger partial charge is 0.235 e. The topological polar surface area (TPSA) is 102 Å². The van der Waals surface area contributed by atoms with Crippen molar-refractivity contribution in [3.63, 3.8) is 0 Å². The number of benzene rings is 2. The number of nitrogens with zero attached hydrogens (tertiary/aromatic N) is 4. The fraction of sp³-hybridized carbons (Fsp3) is 0.241. The molecule has 2 N–H and O–H groups in total. The van der Waals surface area contributed by atoms with Crippen LogP contribution in [0.5, 0.6) is 0 Å². The van der Waals surface area contributed by atoms with E-state index < -0.39 is 32.5 Å². The van der Waals surface area contributed by atoms with E-state index in [4.69, 9.17) is 0 Å². The number of rotatable bonds is 8. The van der Waals surface area contributed by atoms with Gasteiger partial charge in [-0.3, -0.25) is 13.8 Å². The molecular weight excluding hydrogens is 536 g/mol.